The van der Waals surface area contributed by atoms with Crippen LogP contribution in [-0.4, -0.2) is 9.97 Å². The van der Waals surface area contributed by atoms with Gasteiger partial charge in [-0.3, -0.25) is 4.98 Å². The van der Waals surface area contributed by atoms with E-state index in [1.807, 2.05) is 17.5 Å². The molecule has 0 aliphatic heterocycles. The van der Waals surface area contributed by atoms with Crippen LogP contribution in [0, 0.1) is 20.8 Å². The van der Waals surface area contributed by atoms with Gasteiger partial charge in [-0.15, -0.1) is 45.3 Å². The minimum Gasteiger partial charge on any atom is -0.251 e. The lowest BCUT2D eigenvalue weighted by Gasteiger charge is -2.02. The second-order valence-electron chi connectivity index (χ2n) is 6.51. The van der Waals surface area contributed by atoms with Crippen LogP contribution in [0.25, 0.3) is 41.1 Å². The largest absolute Gasteiger partial charge is 0.251 e. The Hall–Kier alpha value is -1.86. The van der Waals surface area contributed by atoms with Crippen molar-refractivity contribution in [3.05, 3.63) is 57.2 Å². The zero-order valence-corrected chi connectivity index (χ0v) is 18.3. The zero-order chi connectivity index (χ0) is 18.5. The number of thiophene rings is 4. The molecular formula is C21H16N2S4. The molecule has 5 aromatic heterocycles. The van der Waals surface area contributed by atoms with Crippen LogP contribution in [0.4, 0.5) is 0 Å². The Labute approximate surface area is 173 Å². The van der Waals surface area contributed by atoms with E-state index in [1.165, 1.54) is 41.1 Å². The van der Waals surface area contributed by atoms with Crippen molar-refractivity contribution < 1.29 is 0 Å². The van der Waals surface area contributed by atoms with E-state index in [1.54, 1.807) is 34.0 Å². The molecule has 0 aliphatic carbocycles. The highest BCUT2D eigenvalue weighted by atomic mass is 32.1. The van der Waals surface area contributed by atoms with Gasteiger partial charge in [-0.2, -0.15) is 0 Å². The Kier molecular flexibility index (Phi) is 4.24. The molecule has 0 N–H and O–H groups in total. The Morgan fingerprint density at radius 2 is 1.15 bits per heavy atom. The average molecular weight is 425 g/mol. The van der Waals surface area contributed by atoms with Crippen molar-refractivity contribution in [3.8, 4) is 30.1 Å². The fourth-order valence-corrected chi connectivity index (χ4v) is 7.52. The summed E-state index contributed by atoms with van der Waals surface area (Å²) < 4.78 is 0. The third-order valence-corrected chi connectivity index (χ3v) is 9.21. The van der Waals surface area contributed by atoms with E-state index in [0.717, 1.165) is 16.7 Å². The topological polar surface area (TPSA) is 25.8 Å². The average Bonchev–Trinajstić information content (AvgIpc) is 3.42. The van der Waals surface area contributed by atoms with Crippen molar-refractivity contribution in [2.75, 3.05) is 0 Å². The summed E-state index contributed by atoms with van der Waals surface area (Å²) in [4.78, 5) is 16.3. The molecule has 5 rings (SSSR count). The number of rotatable bonds is 3. The number of hydrogen-bond donors (Lipinski definition) is 0. The first-order valence-electron chi connectivity index (χ1n) is 8.56. The van der Waals surface area contributed by atoms with Crippen molar-refractivity contribution in [2.24, 2.45) is 0 Å². The van der Waals surface area contributed by atoms with Crippen molar-refractivity contribution in [3.63, 3.8) is 0 Å². The van der Waals surface area contributed by atoms with Gasteiger partial charge in [-0.05, 0) is 71.8 Å². The molecule has 134 valence electrons. The maximum atomic E-state index is 5.11. The van der Waals surface area contributed by atoms with E-state index in [9.17, 15) is 0 Å². The summed E-state index contributed by atoms with van der Waals surface area (Å²) in [6.45, 7) is 6.48. The lowest BCUT2D eigenvalue weighted by Crippen LogP contribution is -1.88. The van der Waals surface area contributed by atoms with Crippen molar-refractivity contribution in [1.29, 1.82) is 0 Å². The first-order chi connectivity index (χ1) is 13.1. The molecule has 0 saturated heterocycles. The van der Waals surface area contributed by atoms with Gasteiger partial charge in [0.05, 0.1) is 26.5 Å². The highest BCUT2D eigenvalue weighted by Gasteiger charge is 2.21. The lowest BCUT2D eigenvalue weighted by atomic mass is 10.2. The molecule has 0 radical (unpaired) electrons. The maximum absolute atomic E-state index is 5.11. The number of nitrogens with zero attached hydrogens (tertiary/aromatic N) is 2. The first kappa shape index (κ1) is 17.3. The number of aryl methyl sites for hydroxylation is 3. The minimum absolute atomic E-state index is 0.970. The molecule has 0 spiro atoms. The Morgan fingerprint density at radius 1 is 0.630 bits per heavy atom. The van der Waals surface area contributed by atoms with Gasteiger partial charge in [0, 0.05) is 9.75 Å². The predicted octanol–water partition coefficient (Wildman–Crippen LogP) is 7.80. The fraction of sp³-hybridized carbons (Fsp3) is 0.143. The highest BCUT2D eigenvalue weighted by Crippen LogP contribution is 2.47. The smallest absolute Gasteiger partial charge is 0.110 e. The van der Waals surface area contributed by atoms with Gasteiger partial charge >= 0.3 is 0 Å². The Bertz CT molecular complexity index is 1270. The maximum Gasteiger partial charge on any atom is 0.110 e. The van der Waals surface area contributed by atoms with Crippen LogP contribution in [-0.2, 0) is 0 Å². The number of aromatic nitrogens is 2. The van der Waals surface area contributed by atoms with Gasteiger partial charge in [-0.25, -0.2) is 4.98 Å². The molecule has 27 heavy (non-hydrogen) atoms. The van der Waals surface area contributed by atoms with E-state index in [2.05, 4.69) is 55.1 Å². The zero-order valence-electron chi connectivity index (χ0n) is 15.1. The Balaban J connectivity index is 1.82. The molecule has 0 saturated carbocycles. The van der Waals surface area contributed by atoms with Crippen LogP contribution in [0.5, 0.6) is 0 Å². The van der Waals surface area contributed by atoms with Gasteiger partial charge in [0.25, 0.3) is 0 Å². The summed E-state index contributed by atoms with van der Waals surface area (Å²) in [7, 11) is 0. The standard InChI is InChI=1S/C21H16N2S4/c1-11-4-7-24-17(11)14-10-22-15-16(23-14)21(19-13(3)6-9-26-19)27-20(15)18-12(2)5-8-25-18/h4-10H,1-3H3. The fourth-order valence-electron chi connectivity index (χ4n) is 3.18. The molecule has 6 heteroatoms. The van der Waals surface area contributed by atoms with Crippen LogP contribution in [0.3, 0.4) is 0 Å². The van der Waals surface area contributed by atoms with E-state index in [4.69, 9.17) is 9.97 Å². The van der Waals surface area contributed by atoms with Gasteiger partial charge in [0.2, 0.25) is 0 Å². The van der Waals surface area contributed by atoms with Crippen molar-refractivity contribution in [1.82, 2.24) is 9.97 Å². The number of fused-ring (bicyclic) bond motifs is 1. The molecule has 0 amide bonds. The first-order valence-corrected chi connectivity index (χ1v) is 12.0. The van der Waals surface area contributed by atoms with Gasteiger partial charge in [0.15, 0.2) is 0 Å². The molecule has 0 fully saturated rings. The normalized spacial score (nSPS) is 11.5. The quantitative estimate of drug-likeness (QED) is 0.295. The van der Waals surface area contributed by atoms with Gasteiger partial charge in [-0.1, -0.05) is 0 Å². The van der Waals surface area contributed by atoms with Crippen LogP contribution < -0.4 is 0 Å². The molecule has 2 nitrogen and oxygen atoms in total. The van der Waals surface area contributed by atoms with Crippen LogP contribution in [0.1, 0.15) is 16.7 Å². The molecule has 5 heterocycles. The highest BCUT2D eigenvalue weighted by molar-refractivity contribution is 7.27. The molecule has 0 unspecified atom stereocenters. The van der Waals surface area contributed by atoms with E-state index in [0.29, 0.717) is 0 Å². The third-order valence-electron chi connectivity index (χ3n) is 4.64. The summed E-state index contributed by atoms with van der Waals surface area (Å²) in [5.74, 6) is 0. The predicted molar refractivity (Wildman–Crippen MR) is 122 cm³/mol. The monoisotopic (exact) mass is 424 g/mol. The van der Waals surface area contributed by atoms with E-state index >= 15 is 0 Å². The number of hydrogen-bond acceptors (Lipinski definition) is 6. The van der Waals surface area contributed by atoms with E-state index in [-0.39, 0.29) is 0 Å². The summed E-state index contributed by atoms with van der Waals surface area (Å²) in [5.41, 5.74) is 6.88. The summed E-state index contributed by atoms with van der Waals surface area (Å²) in [6.07, 6.45) is 1.94. The molecular weight excluding hydrogens is 409 g/mol. The second kappa shape index (κ2) is 6.63. The summed E-state index contributed by atoms with van der Waals surface area (Å²) in [6, 6.07) is 6.50. The SMILES string of the molecule is Cc1ccsc1-c1cnc2c(-c3sccc3C)sc(-c3sccc3C)c2n1. The van der Waals surface area contributed by atoms with Crippen LogP contribution in [0.2, 0.25) is 0 Å². The molecule has 0 aromatic carbocycles. The van der Waals surface area contributed by atoms with Gasteiger partial charge in [0.1, 0.15) is 11.0 Å². The molecule has 0 bridgehead atoms. The minimum atomic E-state index is 0.970. The molecule has 0 atom stereocenters. The molecule has 5 aromatic rings. The van der Waals surface area contributed by atoms with Crippen molar-refractivity contribution in [2.45, 2.75) is 20.8 Å². The third kappa shape index (κ3) is 2.79. The van der Waals surface area contributed by atoms with E-state index < -0.39 is 0 Å². The van der Waals surface area contributed by atoms with Gasteiger partial charge < -0.3 is 0 Å². The molecule has 0 aliphatic rings. The summed E-state index contributed by atoms with van der Waals surface area (Å²) >= 11 is 7.13. The van der Waals surface area contributed by atoms with Crippen LogP contribution >= 0.6 is 45.3 Å². The van der Waals surface area contributed by atoms with Crippen LogP contribution in [0.15, 0.2) is 40.5 Å². The lowest BCUT2D eigenvalue weighted by molar-refractivity contribution is 1.31. The summed E-state index contributed by atoms with van der Waals surface area (Å²) in [5, 5.41) is 6.44. The second-order valence-corrected chi connectivity index (χ2v) is 10.3. The van der Waals surface area contributed by atoms with Crippen molar-refractivity contribution >= 4 is 56.4 Å². The Morgan fingerprint density at radius 3 is 1.67 bits per heavy atom.